The summed E-state index contributed by atoms with van der Waals surface area (Å²) in [5.41, 5.74) is 0. The number of amides is 4. The zero-order valence-corrected chi connectivity index (χ0v) is 18.9. The van der Waals surface area contributed by atoms with Gasteiger partial charge in [0, 0.05) is 26.2 Å². The molecule has 30 heavy (non-hydrogen) atoms. The van der Waals surface area contributed by atoms with E-state index in [2.05, 4.69) is 10.6 Å². The predicted molar refractivity (Wildman–Crippen MR) is 111 cm³/mol. The van der Waals surface area contributed by atoms with Crippen LogP contribution in [0.5, 0.6) is 0 Å². The number of hydrogen-bond acceptors (Lipinski definition) is 6. The molecule has 0 spiro atoms. The Bertz CT molecular complexity index is 550. The minimum Gasteiger partial charge on any atom is -0.467 e. The van der Waals surface area contributed by atoms with Crippen LogP contribution in [0.2, 0.25) is 0 Å². The first-order valence-electron chi connectivity index (χ1n) is 10.4. The molecule has 0 radical (unpaired) electrons. The normalized spacial score (nSPS) is 16.1. The van der Waals surface area contributed by atoms with Crippen LogP contribution < -0.4 is 10.6 Å². The number of ether oxygens (including phenoxy) is 2. The van der Waals surface area contributed by atoms with Crippen LogP contribution in [0.25, 0.3) is 0 Å². The Kier molecular flexibility index (Phi) is 10.4. The quantitative estimate of drug-likeness (QED) is 0.561. The summed E-state index contributed by atoms with van der Waals surface area (Å²) < 4.78 is 9.54. The van der Waals surface area contributed by atoms with Gasteiger partial charge in [0.15, 0.2) is 0 Å². The summed E-state index contributed by atoms with van der Waals surface area (Å²) in [6, 6.07) is -2.14. The molecule has 0 aromatic heterocycles. The van der Waals surface area contributed by atoms with Crippen molar-refractivity contribution in [3.05, 3.63) is 0 Å². The molecule has 1 aliphatic heterocycles. The van der Waals surface area contributed by atoms with Crippen molar-refractivity contribution in [3.8, 4) is 0 Å². The Balaban J connectivity index is 2.60. The first kappa shape index (κ1) is 25.5. The highest BCUT2D eigenvalue weighted by Crippen LogP contribution is 2.10. The van der Waals surface area contributed by atoms with E-state index in [1.54, 1.807) is 9.80 Å². The second-order valence-electron chi connectivity index (χ2n) is 8.28. The molecule has 1 fully saturated rings. The number of esters is 2. The molecule has 0 unspecified atom stereocenters. The van der Waals surface area contributed by atoms with Crippen molar-refractivity contribution in [2.45, 2.75) is 52.6 Å². The third-order valence-corrected chi connectivity index (χ3v) is 4.84. The van der Waals surface area contributed by atoms with Gasteiger partial charge >= 0.3 is 24.0 Å². The molecular weight excluding hydrogens is 392 g/mol. The van der Waals surface area contributed by atoms with E-state index in [1.165, 1.54) is 14.2 Å². The minimum atomic E-state index is -0.708. The van der Waals surface area contributed by atoms with Crippen molar-refractivity contribution in [2.75, 3.05) is 40.4 Å². The van der Waals surface area contributed by atoms with E-state index in [1.807, 2.05) is 27.7 Å². The number of carbonyl (C=O) groups excluding carboxylic acids is 4. The average Bonchev–Trinajstić information content (AvgIpc) is 2.70. The summed E-state index contributed by atoms with van der Waals surface area (Å²) >= 11 is 0. The molecule has 0 aromatic carbocycles. The molecule has 2 N–H and O–H groups in total. The zero-order valence-electron chi connectivity index (χ0n) is 18.9. The highest BCUT2D eigenvalue weighted by molar-refractivity contribution is 5.85. The Hall–Kier alpha value is -2.52. The summed E-state index contributed by atoms with van der Waals surface area (Å²) in [7, 11) is 2.58. The Morgan fingerprint density at radius 3 is 1.23 bits per heavy atom. The third-order valence-electron chi connectivity index (χ3n) is 4.84. The molecule has 4 amide bonds. The fraction of sp³-hybridized carbons (Fsp3) is 0.800. The molecule has 10 heteroatoms. The van der Waals surface area contributed by atoms with Crippen molar-refractivity contribution in [3.63, 3.8) is 0 Å². The second-order valence-corrected chi connectivity index (χ2v) is 8.28. The topological polar surface area (TPSA) is 117 Å². The Morgan fingerprint density at radius 2 is 1.00 bits per heavy atom. The standard InChI is InChI=1S/C20H36N4O6/c1-13(2)11-15(17(25)29-5)21-19(27)23-7-9-24(10-8-23)20(28)22-16(12-14(3)4)18(26)30-6/h13-16H,7-12H2,1-6H3,(H,21,27)(H,22,28)/t15-,16-/m0/s1. The number of nitrogens with one attached hydrogen (secondary N) is 2. The number of rotatable bonds is 8. The van der Waals surface area contributed by atoms with Gasteiger partial charge in [-0.05, 0) is 24.7 Å². The summed E-state index contributed by atoms with van der Waals surface area (Å²) in [6.07, 6.45) is 0.955. The first-order chi connectivity index (χ1) is 14.1. The molecule has 1 heterocycles. The summed E-state index contributed by atoms with van der Waals surface area (Å²) in [5, 5.41) is 5.44. The van der Waals surface area contributed by atoms with Crippen LogP contribution in [0, 0.1) is 11.8 Å². The van der Waals surface area contributed by atoms with Crippen molar-refractivity contribution in [1.29, 1.82) is 0 Å². The van der Waals surface area contributed by atoms with Gasteiger partial charge < -0.3 is 29.9 Å². The van der Waals surface area contributed by atoms with Gasteiger partial charge in [-0.1, -0.05) is 27.7 Å². The lowest BCUT2D eigenvalue weighted by atomic mass is 10.0. The van der Waals surface area contributed by atoms with Gasteiger partial charge in [0.25, 0.3) is 0 Å². The van der Waals surface area contributed by atoms with Gasteiger partial charge in [0.2, 0.25) is 0 Å². The molecule has 1 saturated heterocycles. The molecule has 1 aliphatic rings. The number of nitrogens with zero attached hydrogens (tertiary/aromatic N) is 2. The summed E-state index contributed by atoms with van der Waals surface area (Å²) in [4.78, 5) is 52.0. The third kappa shape index (κ3) is 8.08. The second kappa shape index (κ2) is 12.2. The van der Waals surface area contributed by atoms with Crippen molar-refractivity contribution in [1.82, 2.24) is 20.4 Å². The lowest BCUT2D eigenvalue weighted by molar-refractivity contribution is -0.144. The number of piperazine rings is 1. The van der Waals surface area contributed by atoms with E-state index in [-0.39, 0.29) is 23.9 Å². The largest absolute Gasteiger partial charge is 0.467 e. The van der Waals surface area contributed by atoms with Gasteiger partial charge in [0.1, 0.15) is 12.1 Å². The lowest BCUT2D eigenvalue weighted by Crippen LogP contribution is -2.58. The summed E-state index contributed by atoms with van der Waals surface area (Å²) in [5.74, 6) is -0.532. The number of urea groups is 2. The van der Waals surface area contributed by atoms with Crippen LogP contribution in [0.15, 0.2) is 0 Å². The molecule has 0 aliphatic carbocycles. The van der Waals surface area contributed by atoms with Crippen LogP contribution in [-0.2, 0) is 19.1 Å². The van der Waals surface area contributed by atoms with Crippen molar-refractivity contribution < 1.29 is 28.7 Å². The van der Waals surface area contributed by atoms with Gasteiger partial charge in [-0.2, -0.15) is 0 Å². The fourth-order valence-corrected chi connectivity index (χ4v) is 3.25. The smallest absolute Gasteiger partial charge is 0.328 e. The van der Waals surface area contributed by atoms with Gasteiger partial charge in [0.05, 0.1) is 14.2 Å². The molecule has 0 bridgehead atoms. The minimum absolute atomic E-state index is 0.212. The van der Waals surface area contributed by atoms with Crippen LogP contribution in [-0.4, -0.2) is 86.3 Å². The molecule has 10 nitrogen and oxygen atoms in total. The van der Waals surface area contributed by atoms with Gasteiger partial charge in [-0.25, -0.2) is 19.2 Å². The van der Waals surface area contributed by atoms with E-state index in [0.717, 1.165) is 0 Å². The van der Waals surface area contributed by atoms with E-state index in [0.29, 0.717) is 39.0 Å². The van der Waals surface area contributed by atoms with Crippen molar-refractivity contribution >= 4 is 24.0 Å². The maximum Gasteiger partial charge on any atom is 0.328 e. The molecule has 0 aromatic rings. The Labute approximate surface area is 178 Å². The highest BCUT2D eigenvalue weighted by Gasteiger charge is 2.30. The lowest BCUT2D eigenvalue weighted by Gasteiger charge is -2.36. The van der Waals surface area contributed by atoms with E-state index in [9.17, 15) is 19.2 Å². The molecule has 0 saturated carbocycles. The maximum atomic E-state index is 12.5. The van der Waals surface area contributed by atoms with Crippen LogP contribution in [0.1, 0.15) is 40.5 Å². The van der Waals surface area contributed by atoms with Crippen LogP contribution >= 0.6 is 0 Å². The molecule has 172 valence electrons. The Morgan fingerprint density at radius 1 is 0.700 bits per heavy atom. The SMILES string of the molecule is COC(=O)[C@H](CC(C)C)NC(=O)N1CCN(C(=O)N[C@@H](CC(C)C)C(=O)OC)CC1. The van der Waals surface area contributed by atoms with E-state index >= 15 is 0 Å². The summed E-state index contributed by atoms with van der Waals surface area (Å²) in [6.45, 7) is 9.12. The number of methoxy groups -OCH3 is 2. The number of hydrogen-bond donors (Lipinski definition) is 2. The average molecular weight is 429 g/mol. The fourth-order valence-electron chi connectivity index (χ4n) is 3.25. The maximum absolute atomic E-state index is 12.5. The van der Waals surface area contributed by atoms with Crippen LogP contribution in [0.3, 0.4) is 0 Å². The predicted octanol–water partition coefficient (Wildman–Crippen LogP) is 1.20. The molecule has 1 rings (SSSR count). The molecule has 2 atom stereocenters. The first-order valence-corrected chi connectivity index (χ1v) is 10.4. The highest BCUT2D eigenvalue weighted by atomic mass is 16.5. The van der Waals surface area contributed by atoms with Gasteiger partial charge in [-0.15, -0.1) is 0 Å². The van der Waals surface area contributed by atoms with Crippen LogP contribution in [0.4, 0.5) is 9.59 Å². The molecular formula is C20H36N4O6. The van der Waals surface area contributed by atoms with E-state index in [4.69, 9.17) is 9.47 Å². The van der Waals surface area contributed by atoms with Crippen molar-refractivity contribution in [2.24, 2.45) is 11.8 Å². The monoisotopic (exact) mass is 428 g/mol. The number of carbonyl (C=O) groups is 4. The van der Waals surface area contributed by atoms with Gasteiger partial charge in [-0.3, -0.25) is 0 Å². The zero-order chi connectivity index (χ0) is 22.8. The van der Waals surface area contributed by atoms with E-state index < -0.39 is 24.0 Å².